The van der Waals surface area contributed by atoms with E-state index in [0.717, 1.165) is 24.3 Å². The van der Waals surface area contributed by atoms with Crippen LogP contribution >= 0.6 is 0 Å². The second kappa shape index (κ2) is 6.78. The lowest BCUT2D eigenvalue weighted by molar-refractivity contribution is -0.137. The van der Waals surface area contributed by atoms with E-state index in [4.69, 9.17) is 16.2 Å². The number of nitrogens with two attached hydrogens (primary N) is 2. The van der Waals surface area contributed by atoms with Gasteiger partial charge in [0.15, 0.2) is 12.6 Å². The topological polar surface area (TPSA) is 125 Å². The summed E-state index contributed by atoms with van der Waals surface area (Å²) >= 11 is 0. The van der Waals surface area contributed by atoms with Gasteiger partial charge in [-0.25, -0.2) is 0 Å². The van der Waals surface area contributed by atoms with E-state index in [-0.39, 0.29) is 5.75 Å². The predicted octanol–water partition coefficient (Wildman–Crippen LogP) is -0.460. The van der Waals surface area contributed by atoms with Crippen molar-refractivity contribution in [3.8, 4) is 5.75 Å². The van der Waals surface area contributed by atoms with Crippen molar-refractivity contribution in [2.24, 2.45) is 11.5 Å². The fourth-order valence-electron chi connectivity index (χ4n) is 1.37. The molecule has 120 valence electrons. The van der Waals surface area contributed by atoms with Crippen molar-refractivity contribution in [3.05, 3.63) is 29.8 Å². The maximum atomic E-state index is 12.3. The summed E-state index contributed by atoms with van der Waals surface area (Å²) < 4.78 is 41.9. The van der Waals surface area contributed by atoms with Crippen molar-refractivity contribution >= 4 is 17.7 Å². The summed E-state index contributed by atoms with van der Waals surface area (Å²) in [5.41, 5.74) is 8.83. The molecule has 0 bridgehead atoms. The zero-order valence-electron chi connectivity index (χ0n) is 11.0. The number of ether oxygens (including phenoxy) is 1. The number of primary amides is 2. The fourth-order valence-corrected chi connectivity index (χ4v) is 1.37. The van der Waals surface area contributed by atoms with Gasteiger partial charge in [-0.15, -0.1) is 0 Å². The molecular weight excluding hydrogens is 307 g/mol. The van der Waals surface area contributed by atoms with Crippen LogP contribution in [0.4, 0.5) is 13.2 Å². The molecule has 1 aromatic carbocycles. The molecule has 0 unspecified atom stereocenters. The van der Waals surface area contributed by atoms with Crippen molar-refractivity contribution in [1.82, 2.24) is 5.32 Å². The predicted molar refractivity (Wildman–Crippen MR) is 67.3 cm³/mol. The van der Waals surface area contributed by atoms with Gasteiger partial charge >= 0.3 is 6.18 Å². The Kier molecular flexibility index (Phi) is 5.33. The van der Waals surface area contributed by atoms with Gasteiger partial charge in [-0.1, -0.05) is 0 Å². The molecule has 0 spiro atoms. The number of benzene rings is 1. The molecule has 1 aromatic rings. The Balaban J connectivity index is 2.57. The highest BCUT2D eigenvalue weighted by Crippen LogP contribution is 2.30. The second-order valence-electron chi connectivity index (χ2n) is 4.12. The molecule has 0 fully saturated rings. The molecule has 0 saturated carbocycles. The van der Waals surface area contributed by atoms with Crippen LogP contribution in [0.1, 0.15) is 5.56 Å². The molecule has 0 aliphatic heterocycles. The van der Waals surface area contributed by atoms with Crippen LogP contribution in [0.15, 0.2) is 24.3 Å². The van der Waals surface area contributed by atoms with Gasteiger partial charge in [-0.3, -0.25) is 14.4 Å². The number of alkyl halides is 3. The van der Waals surface area contributed by atoms with Crippen LogP contribution in [-0.2, 0) is 20.6 Å². The maximum Gasteiger partial charge on any atom is 0.416 e. The van der Waals surface area contributed by atoms with Gasteiger partial charge in [-0.05, 0) is 24.3 Å². The van der Waals surface area contributed by atoms with Gasteiger partial charge in [0, 0.05) is 0 Å². The minimum absolute atomic E-state index is 0.00199. The molecule has 0 saturated heterocycles. The fraction of sp³-hybridized carbons (Fsp3) is 0.250. The number of halogens is 3. The van der Waals surface area contributed by atoms with Crippen LogP contribution in [0.25, 0.3) is 0 Å². The van der Waals surface area contributed by atoms with Gasteiger partial charge in [0.05, 0.1) is 5.56 Å². The van der Waals surface area contributed by atoms with Crippen LogP contribution in [0.3, 0.4) is 0 Å². The number of carbonyl (C=O) groups excluding carboxylic acids is 3. The molecule has 7 nitrogen and oxygen atoms in total. The molecule has 22 heavy (non-hydrogen) atoms. The highest BCUT2D eigenvalue weighted by molar-refractivity contribution is 6.05. The summed E-state index contributed by atoms with van der Waals surface area (Å²) in [7, 11) is 0. The maximum absolute atomic E-state index is 12.3. The molecule has 0 radical (unpaired) electrons. The molecule has 0 atom stereocenters. The number of nitrogens with one attached hydrogen (secondary N) is 1. The summed E-state index contributed by atoms with van der Waals surface area (Å²) in [5, 5.41) is 1.93. The standard InChI is InChI=1S/C12H12F3N3O4/c13-12(14,15)6-1-3-7(4-2-6)22-5-8(19)18-9(10(16)20)11(17)21/h1-4,9H,5H2,(H2,16,20)(H2,17,21)(H,18,19). The first-order chi connectivity index (χ1) is 10.1. The molecule has 0 heterocycles. The lowest BCUT2D eigenvalue weighted by Crippen LogP contribution is -2.53. The smallest absolute Gasteiger partial charge is 0.416 e. The molecule has 10 heteroatoms. The van der Waals surface area contributed by atoms with Crippen molar-refractivity contribution in [3.63, 3.8) is 0 Å². The van der Waals surface area contributed by atoms with Crippen LogP contribution < -0.4 is 21.5 Å². The monoisotopic (exact) mass is 319 g/mol. The third-order valence-electron chi connectivity index (χ3n) is 2.43. The van der Waals surface area contributed by atoms with E-state index in [1.807, 2.05) is 5.32 Å². The number of hydrogen-bond donors (Lipinski definition) is 3. The van der Waals surface area contributed by atoms with E-state index in [9.17, 15) is 27.6 Å². The first kappa shape index (κ1) is 17.3. The number of carbonyl (C=O) groups is 3. The van der Waals surface area contributed by atoms with Crippen LogP contribution in [0, 0.1) is 0 Å². The second-order valence-corrected chi connectivity index (χ2v) is 4.12. The van der Waals surface area contributed by atoms with E-state index in [1.165, 1.54) is 0 Å². The van der Waals surface area contributed by atoms with Gasteiger partial charge in [0.1, 0.15) is 5.75 Å². The highest BCUT2D eigenvalue weighted by atomic mass is 19.4. The first-order valence-corrected chi connectivity index (χ1v) is 5.79. The Morgan fingerprint density at radius 2 is 1.59 bits per heavy atom. The van der Waals surface area contributed by atoms with Crippen molar-refractivity contribution in [1.29, 1.82) is 0 Å². The molecular formula is C12H12F3N3O4. The summed E-state index contributed by atoms with van der Waals surface area (Å²) in [4.78, 5) is 33.1. The number of amides is 3. The van der Waals surface area contributed by atoms with E-state index < -0.39 is 42.1 Å². The number of hydrogen-bond acceptors (Lipinski definition) is 4. The molecule has 1 rings (SSSR count). The minimum Gasteiger partial charge on any atom is -0.484 e. The van der Waals surface area contributed by atoms with E-state index >= 15 is 0 Å². The van der Waals surface area contributed by atoms with Crippen molar-refractivity contribution in [2.45, 2.75) is 12.2 Å². The summed E-state index contributed by atoms with van der Waals surface area (Å²) in [6, 6.07) is 1.92. The Labute approximate surface area is 122 Å². The zero-order chi connectivity index (χ0) is 16.9. The third kappa shape index (κ3) is 4.96. The first-order valence-electron chi connectivity index (χ1n) is 5.79. The molecule has 5 N–H and O–H groups in total. The van der Waals surface area contributed by atoms with Crippen molar-refractivity contribution in [2.75, 3.05) is 6.61 Å². The minimum atomic E-state index is -4.48. The molecule has 0 aliphatic rings. The summed E-state index contributed by atoms with van der Waals surface area (Å²) in [5.74, 6) is -3.17. The van der Waals surface area contributed by atoms with Crippen LogP contribution in [0.2, 0.25) is 0 Å². The summed E-state index contributed by atoms with van der Waals surface area (Å²) in [6.45, 7) is -0.636. The van der Waals surface area contributed by atoms with Gasteiger partial charge in [0.2, 0.25) is 11.8 Å². The normalized spacial score (nSPS) is 11.1. The van der Waals surface area contributed by atoms with Crippen molar-refractivity contribution < 1.29 is 32.3 Å². The van der Waals surface area contributed by atoms with Gasteiger partial charge in [-0.2, -0.15) is 13.2 Å². The Bertz CT molecular complexity index is 558. The quantitative estimate of drug-likeness (QED) is 0.614. The van der Waals surface area contributed by atoms with Crippen LogP contribution in [-0.4, -0.2) is 30.4 Å². The Hall–Kier alpha value is -2.78. The average Bonchev–Trinajstić information content (AvgIpc) is 2.41. The Morgan fingerprint density at radius 3 is 2.00 bits per heavy atom. The molecule has 3 amide bonds. The third-order valence-corrected chi connectivity index (χ3v) is 2.43. The Morgan fingerprint density at radius 1 is 1.09 bits per heavy atom. The van der Waals surface area contributed by atoms with E-state index in [0.29, 0.717) is 0 Å². The van der Waals surface area contributed by atoms with Gasteiger partial charge < -0.3 is 21.5 Å². The largest absolute Gasteiger partial charge is 0.484 e. The average molecular weight is 319 g/mol. The SMILES string of the molecule is NC(=O)C(NC(=O)COc1ccc(C(F)(F)F)cc1)C(N)=O. The molecule has 0 aromatic heterocycles. The lowest BCUT2D eigenvalue weighted by Gasteiger charge is -2.12. The van der Waals surface area contributed by atoms with Gasteiger partial charge in [0.25, 0.3) is 5.91 Å². The zero-order valence-corrected chi connectivity index (χ0v) is 11.0. The highest BCUT2D eigenvalue weighted by Gasteiger charge is 2.30. The van der Waals surface area contributed by atoms with E-state index in [2.05, 4.69) is 0 Å². The number of rotatable bonds is 6. The van der Waals surface area contributed by atoms with Crippen LogP contribution in [0.5, 0.6) is 5.75 Å². The lowest BCUT2D eigenvalue weighted by atomic mass is 10.2. The summed E-state index contributed by atoms with van der Waals surface area (Å²) in [6.07, 6.45) is -4.48. The molecule has 0 aliphatic carbocycles. The van der Waals surface area contributed by atoms with E-state index in [1.54, 1.807) is 0 Å².